The van der Waals surface area contributed by atoms with E-state index < -0.39 is 28.5 Å². The molecule has 0 bridgehead atoms. The third kappa shape index (κ3) is 3.16. The summed E-state index contributed by atoms with van der Waals surface area (Å²) >= 11 is 0. The Morgan fingerprint density at radius 3 is 2.31 bits per heavy atom. The molecule has 5 nitrogen and oxygen atoms in total. The summed E-state index contributed by atoms with van der Waals surface area (Å²) in [5.41, 5.74) is 0.332. The minimum absolute atomic E-state index is 0.332. The van der Waals surface area contributed by atoms with Gasteiger partial charge in [0, 0.05) is 4.90 Å². The molecular weight excluding hydrogens is 232 g/mol. The molecule has 1 unspecified atom stereocenters. The van der Waals surface area contributed by atoms with Crippen molar-refractivity contribution < 1.29 is 23.6 Å². The van der Waals surface area contributed by atoms with Crippen molar-refractivity contribution in [1.82, 2.24) is 0 Å². The molecule has 86 valence electrons. The highest BCUT2D eigenvalue weighted by molar-refractivity contribution is 7.85. The molecule has 0 spiro atoms. The molecule has 0 aliphatic heterocycles. The molecule has 1 atom stereocenters. The van der Waals surface area contributed by atoms with Gasteiger partial charge in [-0.05, 0) is 24.3 Å². The summed E-state index contributed by atoms with van der Waals surface area (Å²) in [5.74, 6) is -2.07. The van der Waals surface area contributed by atoms with Gasteiger partial charge in [0.15, 0.2) is 0 Å². The van der Waals surface area contributed by atoms with Crippen molar-refractivity contribution in [3.63, 3.8) is 0 Å². The number of benzene rings is 1. The first kappa shape index (κ1) is 12.4. The molecule has 0 fully saturated rings. The lowest BCUT2D eigenvalue weighted by Gasteiger charge is -2.01. The number of esters is 1. The number of ether oxygens (including phenoxy) is 1. The van der Waals surface area contributed by atoms with E-state index in [4.69, 9.17) is 5.11 Å². The van der Waals surface area contributed by atoms with E-state index in [1.165, 1.54) is 31.4 Å². The minimum Gasteiger partial charge on any atom is -0.481 e. The Hall–Kier alpha value is -1.69. The van der Waals surface area contributed by atoms with Gasteiger partial charge in [0.25, 0.3) is 0 Å². The summed E-state index contributed by atoms with van der Waals surface area (Å²) in [7, 11) is -0.326. The Balaban J connectivity index is 2.82. The van der Waals surface area contributed by atoms with Gasteiger partial charge < -0.3 is 9.84 Å². The van der Waals surface area contributed by atoms with Gasteiger partial charge in [-0.2, -0.15) is 0 Å². The second-order valence-corrected chi connectivity index (χ2v) is 4.35. The van der Waals surface area contributed by atoms with E-state index >= 15 is 0 Å². The first-order valence-corrected chi connectivity index (χ1v) is 5.65. The molecule has 0 aliphatic rings. The van der Waals surface area contributed by atoms with Crippen LogP contribution in [0.1, 0.15) is 10.4 Å². The van der Waals surface area contributed by atoms with Gasteiger partial charge in [-0.3, -0.25) is 9.00 Å². The van der Waals surface area contributed by atoms with Crippen LogP contribution in [0.5, 0.6) is 0 Å². The summed E-state index contributed by atoms with van der Waals surface area (Å²) < 4.78 is 15.9. The molecule has 0 aromatic heterocycles. The van der Waals surface area contributed by atoms with Crippen LogP contribution in [0.2, 0.25) is 0 Å². The lowest BCUT2D eigenvalue weighted by Crippen LogP contribution is -2.09. The predicted octanol–water partition coefficient (Wildman–Crippen LogP) is 0.665. The van der Waals surface area contributed by atoms with E-state index in [9.17, 15) is 13.8 Å². The summed E-state index contributed by atoms with van der Waals surface area (Å²) in [4.78, 5) is 21.8. The third-order valence-electron chi connectivity index (χ3n) is 1.79. The Morgan fingerprint density at radius 1 is 1.31 bits per heavy atom. The number of carbonyl (C=O) groups excluding carboxylic acids is 1. The Morgan fingerprint density at radius 2 is 1.88 bits per heavy atom. The standard InChI is InChI=1S/C10H10O5S/c1-15-10(13)7-2-4-8(5-3-7)16(14)6-9(11)12/h2-5H,6H2,1H3,(H,11,12). The molecule has 0 saturated carbocycles. The molecule has 0 radical (unpaired) electrons. The molecule has 0 heterocycles. The van der Waals surface area contributed by atoms with Crippen LogP contribution < -0.4 is 0 Å². The fourth-order valence-corrected chi connectivity index (χ4v) is 1.89. The molecule has 1 aromatic carbocycles. The monoisotopic (exact) mass is 242 g/mol. The molecular formula is C10H10O5S. The highest BCUT2D eigenvalue weighted by atomic mass is 32.2. The van der Waals surface area contributed by atoms with E-state index in [0.717, 1.165) is 0 Å². The number of methoxy groups -OCH3 is 1. The molecule has 1 aromatic rings. The number of rotatable bonds is 4. The fourth-order valence-electron chi connectivity index (χ4n) is 1.06. The number of carbonyl (C=O) groups is 2. The number of carboxylic acid groups (broad SMARTS) is 1. The van der Waals surface area contributed by atoms with Gasteiger partial charge in [0.2, 0.25) is 0 Å². The molecule has 6 heteroatoms. The zero-order chi connectivity index (χ0) is 12.1. The third-order valence-corrected chi connectivity index (χ3v) is 3.10. The zero-order valence-electron chi connectivity index (χ0n) is 8.50. The van der Waals surface area contributed by atoms with E-state index in [-0.39, 0.29) is 0 Å². The van der Waals surface area contributed by atoms with Crippen molar-refractivity contribution in [3.8, 4) is 0 Å². The van der Waals surface area contributed by atoms with E-state index in [0.29, 0.717) is 10.5 Å². The SMILES string of the molecule is COC(=O)c1ccc(S(=O)CC(=O)O)cc1. The topological polar surface area (TPSA) is 80.7 Å². The quantitative estimate of drug-likeness (QED) is 0.785. The maximum absolute atomic E-state index is 11.4. The van der Waals surface area contributed by atoms with Crippen LogP contribution in [0.3, 0.4) is 0 Å². The average Bonchev–Trinajstić information content (AvgIpc) is 2.27. The van der Waals surface area contributed by atoms with Crippen LogP contribution in [-0.4, -0.2) is 34.1 Å². The minimum atomic E-state index is -1.59. The van der Waals surface area contributed by atoms with Crippen molar-refractivity contribution in [2.45, 2.75) is 4.90 Å². The first-order valence-electron chi connectivity index (χ1n) is 4.33. The second kappa shape index (κ2) is 5.41. The summed E-state index contributed by atoms with van der Waals surface area (Å²) in [5, 5.41) is 8.46. The van der Waals surface area contributed by atoms with Crippen LogP contribution in [0.4, 0.5) is 0 Å². The molecule has 0 aliphatic carbocycles. The molecule has 1 rings (SSSR count). The van der Waals surface area contributed by atoms with Crippen LogP contribution in [0.25, 0.3) is 0 Å². The van der Waals surface area contributed by atoms with Crippen molar-refractivity contribution >= 4 is 22.7 Å². The van der Waals surface area contributed by atoms with Gasteiger partial charge in [-0.15, -0.1) is 0 Å². The van der Waals surface area contributed by atoms with E-state index in [1.54, 1.807) is 0 Å². The fraction of sp³-hybridized carbons (Fsp3) is 0.200. The molecule has 0 amide bonds. The highest BCUT2D eigenvalue weighted by Gasteiger charge is 2.10. The number of carboxylic acids is 1. The molecule has 0 saturated heterocycles. The summed E-state index contributed by atoms with van der Waals surface area (Å²) in [6, 6.07) is 5.79. The normalized spacial score (nSPS) is 11.8. The number of aliphatic carboxylic acids is 1. The maximum atomic E-state index is 11.4. The van der Waals surface area contributed by atoms with Gasteiger partial charge >= 0.3 is 11.9 Å². The highest BCUT2D eigenvalue weighted by Crippen LogP contribution is 2.09. The van der Waals surface area contributed by atoms with E-state index in [1.807, 2.05) is 0 Å². The van der Waals surface area contributed by atoms with Crippen molar-refractivity contribution in [2.75, 3.05) is 12.9 Å². The van der Waals surface area contributed by atoms with Crippen molar-refractivity contribution in [2.24, 2.45) is 0 Å². The van der Waals surface area contributed by atoms with Crippen molar-refractivity contribution in [3.05, 3.63) is 29.8 Å². The van der Waals surface area contributed by atoms with Gasteiger partial charge in [-0.25, -0.2) is 4.79 Å². The van der Waals surface area contributed by atoms with Crippen LogP contribution in [0.15, 0.2) is 29.2 Å². The molecule has 1 N–H and O–H groups in total. The van der Waals surface area contributed by atoms with Gasteiger partial charge in [0.05, 0.1) is 23.5 Å². The smallest absolute Gasteiger partial charge is 0.337 e. The summed E-state index contributed by atoms with van der Waals surface area (Å²) in [6.07, 6.45) is 0. The van der Waals surface area contributed by atoms with Crippen LogP contribution in [0, 0.1) is 0 Å². The number of hydrogen-bond acceptors (Lipinski definition) is 4. The summed E-state index contributed by atoms with van der Waals surface area (Å²) in [6.45, 7) is 0. The Labute approximate surface area is 94.5 Å². The van der Waals surface area contributed by atoms with E-state index in [2.05, 4.69) is 4.74 Å². The van der Waals surface area contributed by atoms with Gasteiger partial charge in [-0.1, -0.05) is 0 Å². The Kier molecular flexibility index (Phi) is 4.19. The van der Waals surface area contributed by atoms with Gasteiger partial charge in [0.1, 0.15) is 5.75 Å². The predicted molar refractivity (Wildman–Crippen MR) is 56.7 cm³/mol. The first-order chi connectivity index (χ1) is 7.54. The largest absolute Gasteiger partial charge is 0.481 e. The lowest BCUT2D eigenvalue weighted by molar-refractivity contribution is -0.133. The van der Waals surface area contributed by atoms with Crippen molar-refractivity contribution in [1.29, 1.82) is 0 Å². The molecule has 16 heavy (non-hydrogen) atoms. The maximum Gasteiger partial charge on any atom is 0.337 e. The Bertz CT molecular complexity index is 423. The van der Waals surface area contributed by atoms with Crippen LogP contribution in [-0.2, 0) is 20.3 Å². The second-order valence-electron chi connectivity index (χ2n) is 2.90. The number of hydrogen-bond donors (Lipinski definition) is 1. The average molecular weight is 242 g/mol. The van der Waals surface area contributed by atoms with Crippen LogP contribution >= 0.6 is 0 Å². The zero-order valence-corrected chi connectivity index (χ0v) is 9.32. The lowest BCUT2D eigenvalue weighted by atomic mass is 10.2.